The quantitative estimate of drug-likeness (QED) is 0.607. The summed E-state index contributed by atoms with van der Waals surface area (Å²) in [4.78, 5) is 12.2. The molecule has 0 saturated carbocycles. The predicted molar refractivity (Wildman–Crippen MR) is 35.6 cm³/mol. The third-order valence-corrected chi connectivity index (χ3v) is 1.01. The molecule has 0 aromatic heterocycles. The Balaban J connectivity index is 3.25. The molecule has 1 N–H and O–H groups in total. The first-order valence-corrected chi connectivity index (χ1v) is 3.00. The monoisotopic (exact) mass is 180 g/mol. The molecule has 0 aliphatic heterocycles. The minimum absolute atomic E-state index is 0.0324. The normalized spacial score (nSPS) is 9.50. The summed E-state index contributed by atoms with van der Waals surface area (Å²) in [6.45, 7) is 0.422. The van der Waals surface area contributed by atoms with Crippen LogP contribution in [0.1, 0.15) is 0 Å². The molecule has 0 bridgehead atoms. The van der Waals surface area contributed by atoms with Crippen molar-refractivity contribution in [2.75, 3.05) is 20.6 Å². The van der Waals surface area contributed by atoms with Gasteiger partial charge in [0.25, 0.3) is 0 Å². The molecule has 0 saturated heterocycles. The number of carbonyl (C=O) groups is 1. The molecule has 0 fully saturated rings. The van der Waals surface area contributed by atoms with E-state index in [-0.39, 0.29) is 5.91 Å². The van der Waals surface area contributed by atoms with Crippen LogP contribution in [0.3, 0.4) is 0 Å². The van der Waals surface area contributed by atoms with Crippen LogP contribution in [-0.2, 0) is 4.79 Å². The second kappa shape index (κ2) is 3.86. The summed E-state index contributed by atoms with van der Waals surface area (Å²) in [7, 11) is 3.67. The molecule has 48 valence electrons. The van der Waals surface area contributed by atoms with E-state index in [1.54, 1.807) is 4.90 Å². The molecule has 0 radical (unpaired) electrons. The van der Waals surface area contributed by atoms with Gasteiger partial charge in [-0.2, -0.15) is 0 Å². The van der Waals surface area contributed by atoms with Gasteiger partial charge in [0.2, 0.25) is 5.91 Å². The van der Waals surface area contributed by atoms with Crippen molar-refractivity contribution in [3.63, 3.8) is 0 Å². The zero-order chi connectivity index (χ0) is 6.57. The number of likely N-dealkylation sites (N-methyl/N-ethyl adjacent to an activating group) is 1. The average Bonchev–Trinajstić information content (AvgIpc) is 1.65. The molecular weight excluding hydrogens is 172 g/mol. The van der Waals surface area contributed by atoms with E-state index < -0.39 is 0 Å². The van der Waals surface area contributed by atoms with Crippen LogP contribution in [0.25, 0.3) is 0 Å². The van der Waals surface area contributed by atoms with E-state index >= 15 is 0 Å². The fourth-order valence-electron chi connectivity index (χ4n) is 0.317. The fourth-order valence-corrected chi connectivity index (χ4v) is 0.442. The fraction of sp³-hybridized carbons (Fsp3) is 0.750. The molecule has 4 heteroatoms. The van der Waals surface area contributed by atoms with E-state index in [1.807, 2.05) is 14.1 Å². The molecule has 3 nitrogen and oxygen atoms in total. The van der Waals surface area contributed by atoms with E-state index in [9.17, 15) is 4.79 Å². The maximum atomic E-state index is 10.4. The summed E-state index contributed by atoms with van der Waals surface area (Å²) >= 11 is 2.82. The Morgan fingerprint density at radius 3 is 2.38 bits per heavy atom. The average molecular weight is 181 g/mol. The number of nitrogens with zero attached hydrogens (tertiary/aromatic N) is 1. The molecule has 0 aliphatic carbocycles. The Morgan fingerprint density at radius 1 is 1.75 bits per heavy atom. The Labute approximate surface area is 57.4 Å². The number of carbonyl (C=O) groups excluding carboxylic acids is 1. The van der Waals surface area contributed by atoms with Crippen LogP contribution in [0, 0.1) is 0 Å². The summed E-state index contributed by atoms with van der Waals surface area (Å²) in [6, 6.07) is 0. The maximum Gasteiger partial charge on any atom is 0.243 e. The van der Waals surface area contributed by atoms with E-state index in [1.165, 1.54) is 0 Å². The van der Waals surface area contributed by atoms with Gasteiger partial charge in [0.1, 0.15) is 0 Å². The van der Waals surface area contributed by atoms with Crippen LogP contribution in [0.2, 0.25) is 0 Å². The number of nitrogens with one attached hydrogen (secondary N) is 1. The zero-order valence-corrected chi connectivity index (χ0v) is 6.53. The number of hydrogen-bond acceptors (Lipinski definition) is 2. The topological polar surface area (TPSA) is 32.3 Å². The van der Waals surface area contributed by atoms with Gasteiger partial charge < -0.3 is 4.90 Å². The van der Waals surface area contributed by atoms with Crippen LogP contribution in [0.4, 0.5) is 0 Å². The van der Waals surface area contributed by atoms with E-state index in [2.05, 4.69) is 20.5 Å². The van der Waals surface area contributed by atoms with Crippen molar-refractivity contribution in [1.29, 1.82) is 0 Å². The zero-order valence-electron chi connectivity index (χ0n) is 4.94. The molecule has 0 aliphatic rings. The Bertz CT molecular complexity index is 84.1. The number of hydrogen-bond donors (Lipinski definition) is 1. The minimum Gasteiger partial charge on any atom is -0.301 e. The highest BCUT2D eigenvalue weighted by Crippen LogP contribution is 1.75. The number of halogens is 1. The third-order valence-electron chi connectivity index (χ3n) is 0.565. The largest absolute Gasteiger partial charge is 0.301 e. The van der Waals surface area contributed by atoms with Crippen LogP contribution in [-0.4, -0.2) is 31.4 Å². The maximum absolute atomic E-state index is 10.4. The third kappa shape index (κ3) is 4.08. The van der Waals surface area contributed by atoms with Gasteiger partial charge >= 0.3 is 0 Å². The Hall–Kier alpha value is -0.0900. The van der Waals surface area contributed by atoms with Gasteiger partial charge in [-0.3, -0.25) is 9.14 Å². The first kappa shape index (κ1) is 7.91. The van der Waals surface area contributed by atoms with Crippen molar-refractivity contribution in [3.05, 3.63) is 0 Å². The molecule has 8 heavy (non-hydrogen) atoms. The molecule has 0 aromatic carbocycles. The van der Waals surface area contributed by atoms with Gasteiger partial charge in [0.05, 0.1) is 6.54 Å². The highest BCUT2D eigenvalue weighted by molar-refractivity contribution is 9.08. The summed E-state index contributed by atoms with van der Waals surface area (Å²) in [5.41, 5.74) is 0. The predicted octanol–water partition coefficient (Wildman–Crippen LogP) is -0.0259. The first-order valence-electron chi connectivity index (χ1n) is 2.21. The molecule has 0 spiro atoms. The number of amides is 1. The van der Waals surface area contributed by atoms with Crippen LogP contribution in [0.15, 0.2) is 0 Å². The standard InChI is InChI=1S/C4H9BrN2O/c1-7(2)3-4(8)6-5/h3H2,1-2H3,(H,6,8). The molecule has 0 unspecified atom stereocenters. The van der Waals surface area contributed by atoms with Crippen molar-refractivity contribution < 1.29 is 4.79 Å². The van der Waals surface area contributed by atoms with Gasteiger partial charge in [0.15, 0.2) is 0 Å². The summed E-state index contributed by atoms with van der Waals surface area (Å²) in [5, 5.41) is 0. The van der Waals surface area contributed by atoms with Crippen molar-refractivity contribution in [1.82, 2.24) is 9.24 Å². The lowest BCUT2D eigenvalue weighted by atomic mass is 10.6. The first-order chi connectivity index (χ1) is 3.66. The van der Waals surface area contributed by atoms with E-state index in [4.69, 9.17) is 0 Å². The molecular formula is C4H9BrN2O. The highest BCUT2D eigenvalue weighted by Gasteiger charge is 1.97. The summed E-state index contributed by atoms with van der Waals surface area (Å²) in [5.74, 6) is -0.0324. The summed E-state index contributed by atoms with van der Waals surface area (Å²) < 4.78 is 2.33. The lowest BCUT2D eigenvalue weighted by molar-refractivity contribution is -0.119. The second-order valence-electron chi connectivity index (χ2n) is 1.76. The smallest absolute Gasteiger partial charge is 0.243 e. The van der Waals surface area contributed by atoms with Crippen molar-refractivity contribution in [2.24, 2.45) is 0 Å². The lowest BCUT2D eigenvalue weighted by Crippen LogP contribution is -2.27. The highest BCUT2D eigenvalue weighted by atomic mass is 79.9. The van der Waals surface area contributed by atoms with Crippen LogP contribution < -0.4 is 4.34 Å². The molecule has 0 heterocycles. The van der Waals surface area contributed by atoms with Gasteiger partial charge in [0, 0.05) is 16.1 Å². The van der Waals surface area contributed by atoms with Gasteiger partial charge in [-0.25, -0.2) is 0 Å². The molecule has 0 atom stereocenters. The minimum atomic E-state index is -0.0324. The van der Waals surface area contributed by atoms with Gasteiger partial charge in [-0.1, -0.05) is 0 Å². The Kier molecular flexibility index (Phi) is 3.81. The lowest BCUT2D eigenvalue weighted by Gasteiger charge is -2.05. The number of rotatable bonds is 2. The second-order valence-corrected chi connectivity index (χ2v) is 2.15. The SMILES string of the molecule is CN(C)CC(=O)NBr. The van der Waals surface area contributed by atoms with Crippen molar-refractivity contribution >= 4 is 22.1 Å². The molecule has 0 aromatic rings. The van der Waals surface area contributed by atoms with Gasteiger partial charge in [-0.15, -0.1) is 0 Å². The van der Waals surface area contributed by atoms with Crippen LogP contribution in [0.5, 0.6) is 0 Å². The van der Waals surface area contributed by atoms with Gasteiger partial charge in [-0.05, 0) is 14.1 Å². The Morgan fingerprint density at radius 2 is 2.25 bits per heavy atom. The van der Waals surface area contributed by atoms with E-state index in [0.717, 1.165) is 0 Å². The van der Waals surface area contributed by atoms with Crippen molar-refractivity contribution in [3.8, 4) is 0 Å². The van der Waals surface area contributed by atoms with Crippen LogP contribution >= 0.6 is 16.1 Å². The molecule has 1 amide bonds. The summed E-state index contributed by atoms with van der Waals surface area (Å²) in [6.07, 6.45) is 0. The molecule has 0 rings (SSSR count). The van der Waals surface area contributed by atoms with E-state index in [0.29, 0.717) is 6.54 Å². The van der Waals surface area contributed by atoms with Crippen molar-refractivity contribution in [2.45, 2.75) is 0 Å².